The number of hydrogen-bond donors (Lipinski definition) is 11. The number of rotatable bonds is 24. The summed E-state index contributed by atoms with van der Waals surface area (Å²) in [5.41, 5.74) is 11.1. The molecule has 4 aliphatic carbocycles. The first kappa shape index (κ1) is 101. The summed E-state index contributed by atoms with van der Waals surface area (Å²) < 4.78 is 142. The molecule has 8 aromatic rings. The third-order valence-electron chi connectivity index (χ3n) is 26.0. The number of aliphatic hydroxyl groups is 1. The second-order valence-electron chi connectivity index (χ2n) is 36.5. The average molecular weight is 1950 g/mol. The molecule has 728 valence electrons. The van der Waals surface area contributed by atoms with Crippen LogP contribution in [0.15, 0.2) is 72.8 Å². The van der Waals surface area contributed by atoms with Gasteiger partial charge in [0.2, 0.25) is 17.7 Å². The quantitative estimate of drug-likeness (QED) is 0.0152. The van der Waals surface area contributed by atoms with Gasteiger partial charge in [-0.1, -0.05) is 47.5 Å². The van der Waals surface area contributed by atoms with Crippen molar-refractivity contribution in [3.8, 4) is 0 Å². The number of ketones is 4. The van der Waals surface area contributed by atoms with E-state index in [0.717, 1.165) is 16.0 Å². The second-order valence-corrected chi connectivity index (χ2v) is 37.3. The molecule has 0 radical (unpaired) electrons. The number of amides is 11. The van der Waals surface area contributed by atoms with E-state index in [-0.39, 0.29) is 73.1 Å². The van der Waals surface area contributed by atoms with Gasteiger partial charge in [0.1, 0.15) is 51.0 Å². The van der Waals surface area contributed by atoms with Crippen LogP contribution in [0.2, 0.25) is 10.0 Å². The zero-order chi connectivity index (χ0) is 101. The zero-order valence-electron chi connectivity index (χ0n) is 75.8. The molecule has 31 nitrogen and oxygen atoms in total. The van der Waals surface area contributed by atoms with E-state index in [4.69, 9.17) is 34.7 Å². The van der Waals surface area contributed by atoms with Crippen LogP contribution in [-0.2, 0) is 85.4 Å². The van der Waals surface area contributed by atoms with E-state index in [1.165, 1.54) is 58.3 Å². The van der Waals surface area contributed by atoms with Crippen LogP contribution in [0.25, 0.3) is 0 Å². The Balaban J connectivity index is 0.000000154. The second kappa shape index (κ2) is 37.6. The number of carbonyl (C=O) groups is 15. The topological polar surface area (TPSA) is 448 Å². The molecule has 0 atom stereocenters. The van der Waals surface area contributed by atoms with Gasteiger partial charge < -0.3 is 82.3 Å². The van der Waals surface area contributed by atoms with Crippen molar-refractivity contribution < 1.29 is 121 Å². The Kier molecular flexibility index (Phi) is 27.8. The van der Waals surface area contributed by atoms with Gasteiger partial charge in [-0.2, -0.15) is 0 Å². The van der Waals surface area contributed by atoms with Crippen LogP contribution in [0.5, 0.6) is 0 Å². The molecular formula is C94H97Cl2F10N15O16. The smallest absolute Gasteiger partial charge is 0.293 e. The fourth-order valence-electron chi connectivity index (χ4n) is 19.3. The monoisotopic (exact) mass is 1950 g/mol. The maximum Gasteiger partial charge on any atom is 0.293 e. The molecule has 16 rings (SSSR count). The first-order valence-electron chi connectivity index (χ1n) is 43.5. The largest absolute Gasteiger partial charge is 0.394 e. The summed E-state index contributed by atoms with van der Waals surface area (Å²) in [4.78, 5) is 193. The molecule has 0 spiro atoms. The normalized spacial score (nSPS) is 17.4. The van der Waals surface area contributed by atoms with Crippen LogP contribution in [-0.4, -0.2) is 183 Å². The number of hydrogen-bond acceptors (Lipinski definition) is 16. The molecule has 8 heterocycles. The number of halogens is 12. The molecule has 4 aliphatic heterocycles. The number of carbonyl (C=O) groups excluding carboxylic acids is 15. The number of likely N-dealkylation sites (N-methyl/N-ethyl adjacent to an activating group) is 1. The number of alkyl halides is 8. The number of nitrogens with zero attached hydrogens (tertiary/aromatic N) is 5. The summed E-state index contributed by atoms with van der Waals surface area (Å²) in [6.07, 6.45) is -2.74. The lowest BCUT2D eigenvalue weighted by Gasteiger charge is -2.47. The predicted octanol–water partition coefficient (Wildman–Crippen LogP) is 11.7. The lowest BCUT2D eigenvalue weighted by molar-refractivity contribution is -0.171. The fraction of sp³-hybridized carbons (Fsp3) is 0.415. The Morgan fingerprint density at radius 1 is 0.365 bits per heavy atom. The highest BCUT2D eigenvalue weighted by atomic mass is 35.5. The number of aromatic nitrogens is 4. The van der Waals surface area contributed by atoms with Crippen LogP contribution in [0.4, 0.5) is 66.7 Å². The number of nitrogens with two attached hydrogens (primary N) is 2. The van der Waals surface area contributed by atoms with E-state index in [9.17, 15) is 121 Å². The molecule has 11 amide bonds. The van der Waals surface area contributed by atoms with Crippen molar-refractivity contribution >= 4 is 134 Å². The van der Waals surface area contributed by atoms with Gasteiger partial charge in [-0.3, -0.25) is 71.9 Å². The third-order valence-corrected chi connectivity index (χ3v) is 26.8. The van der Waals surface area contributed by atoms with Crippen molar-refractivity contribution in [1.82, 2.24) is 44.4 Å². The molecule has 4 saturated carbocycles. The van der Waals surface area contributed by atoms with Crippen molar-refractivity contribution in [1.29, 1.82) is 0 Å². The van der Waals surface area contributed by atoms with Gasteiger partial charge in [0.15, 0.2) is 0 Å². The summed E-state index contributed by atoms with van der Waals surface area (Å²) in [5, 5.41) is 30.0. The van der Waals surface area contributed by atoms with Gasteiger partial charge in [0.05, 0.1) is 34.4 Å². The SMILES string of the molecule is Cc1ccc(NC(=O)c2c(C)c(C(=O)C(=O)NC3(C(=O)N(C)C)CC(F)(F)C3)c3n2CCC3)cc1Cl.Cc1ccc(NC(=O)c2c(C)c(C(=O)C(=O)NC3(C(N)=O)CC(F)(F)C3)c3n2CCC3)cc1Cl.Cc1ccc(NC(=O)c2c(C)c(C(=O)C(=O)NC3(C(N)=O)CC(F)(F)C3)c3n2CCC3)cc1F.Cc1ccc(NC(=O)c2c(C)c(C(=O)C(=O)NC3(CO)CC(F)(F)C3)c3n2CCC3)cc1F. The Hall–Kier alpha value is -13.3. The van der Waals surface area contributed by atoms with Crippen LogP contribution < -0.4 is 54.0 Å². The highest BCUT2D eigenvalue weighted by molar-refractivity contribution is 6.46. The first-order valence-corrected chi connectivity index (χ1v) is 44.3. The molecule has 43 heteroatoms. The number of fused-ring (bicyclic) bond motifs is 4. The predicted molar refractivity (Wildman–Crippen MR) is 478 cm³/mol. The van der Waals surface area contributed by atoms with E-state index >= 15 is 0 Å². The molecule has 0 unspecified atom stereocenters. The number of primary amides is 2. The standard InChI is InChI=1S/C25H27ClF2N4O4.C23H23ClF2N4O4.C23H23F3N4O4.C23H24F3N3O4/c1-13-7-8-15(10-16(13)26)29-21(34)19-14(2)18(17-6-5-9-32(17)19)20(33)22(35)30-24(23(36)31(3)4)11-25(27,28)12-24;2*1-11-5-6-13(8-14(11)24)28-19(32)17-12(2)16(15-4-3-7-30(15)17)18(31)20(33)29-22(21(27)34)9-23(25,26)10-22;1-12-5-6-14(8-15(12)24)27-20(32)18-13(2)17(16-4-3-7-29(16)18)19(31)21(33)28-22(11-30)9-23(25,26)10-22/h7-8,10H,5-6,9,11-12H2,1-4H3,(H,29,34)(H,30,35);2*5-6,8H,3-4,7,9-10H2,1-2H3,(H2,27,34)(H,28,32)(H,29,33);5-6,8,30H,3-4,7,9-11H2,1-2H3,(H,27,32)(H,28,33). The van der Waals surface area contributed by atoms with E-state index in [0.29, 0.717) is 138 Å². The number of nitrogens with one attached hydrogen (secondary N) is 8. The summed E-state index contributed by atoms with van der Waals surface area (Å²) in [6, 6.07) is 18.6. The van der Waals surface area contributed by atoms with Crippen molar-refractivity contribution in [3.05, 3.63) is 207 Å². The lowest BCUT2D eigenvalue weighted by Crippen LogP contribution is -2.69. The van der Waals surface area contributed by atoms with Crippen LogP contribution >= 0.6 is 23.2 Å². The summed E-state index contributed by atoms with van der Waals surface area (Å²) >= 11 is 12.3. The Labute approximate surface area is 786 Å². The minimum atomic E-state index is -3.17. The molecule has 13 N–H and O–H groups in total. The van der Waals surface area contributed by atoms with Crippen molar-refractivity contribution in [2.75, 3.05) is 42.0 Å². The number of anilines is 4. The van der Waals surface area contributed by atoms with Crippen LogP contribution in [0, 0.1) is 67.0 Å². The minimum absolute atomic E-state index is 0.0130. The van der Waals surface area contributed by atoms with Crippen molar-refractivity contribution in [2.45, 2.75) is 230 Å². The van der Waals surface area contributed by atoms with Crippen molar-refractivity contribution in [3.63, 3.8) is 0 Å². The molecule has 137 heavy (non-hydrogen) atoms. The van der Waals surface area contributed by atoms with Gasteiger partial charge in [-0.05, 0) is 200 Å². The van der Waals surface area contributed by atoms with Gasteiger partial charge in [0, 0.05) is 147 Å². The molecule has 0 bridgehead atoms. The molecule has 4 aromatic carbocycles. The average Bonchev–Trinajstić information content (AvgIpc) is 1.04. The maximum atomic E-state index is 13.9. The lowest BCUT2D eigenvalue weighted by atomic mass is 9.72. The molecular weight excluding hydrogens is 1860 g/mol. The van der Waals surface area contributed by atoms with Gasteiger partial charge >= 0.3 is 0 Å². The Morgan fingerprint density at radius 3 is 0.839 bits per heavy atom. The van der Waals surface area contributed by atoms with E-state index in [1.807, 2.05) is 13.8 Å². The maximum absolute atomic E-state index is 13.9. The van der Waals surface area contributed by atoms with E-state index < -0.39 is 204 Å². The number of benzene rings is 4. The zero-order valence-corrected chi connectivity index (χ0v) is 77.3. The van der Waals surface area contributed by atoms with Crippen LogP contribution in [0.1, 0.15) is 228 Å². The molecule has 8 aliphatic rings. The molecule has 4 aromatic heterocycles. The molecule has 0 saturated heterocycles. The number of aryl methyl sites for hydroxylation is 4. The van der Waals surface area contributed by atoms with Gasteiger partial charge in [-0.15, -0.1) is 0 Å². The summed E-state index contributed by atoms with van der Waals surface area (Å²) in [6.45, 7) is 14.1. The van der Waals surface area contributed by atoms with Crippen LogP contribution in [0.3, 0.4) is 0 Å². The van der Waals surface area contributed by atoms with Gasteiger partial charge in [0.25, 0.3) is 94.1 Å². The van der Waals surface area contributed by atoms with Crippen molar-refractivity contribution in [2.24, 2.45) is 11.5 Å². The first-order chi connectivity index (χ1) is 63.9. The Bertz CT molecular complexity index is 6280. The number of aliphatic hydroxyl groups excluding tert-OH is 1. The highest BCUT2D eigenvalue weighted by Gasteiger charge is 2.65. The highest BCUT2D eigenvalue weighted by Crippen LogP contribution is 2.50. The third kappa shape index (κ3) is 19.9. The van der Waals surface area contributed by atoms with E-state index in [2.05, 4.69) is 42.5 Å². The van der Waals surface area contributed by atoms with Gasteiger partial charge in [-0.25, -0.2) is 43.9 Å². The minimum Gasteiger partial charge on any atom is -0.394 e. The molecule has 4 fully saturated rings. The number of Topliss-reactive ketones (excluding diaryl/α,β-unsaturated/α-hetero) is 4. The summed E-state index contributed by atoms with van der Waals surface area (Å²) in [5.74, 6) is -27.1. The van der Waals surface area contributed by atoms with E-state index in [1.54, 1.807) is 88.4 Å². The fourth-order valence-corrected chi connectivity index (χ4v) is 19.7. The Morgan fingerprint density at radius 2 is 0.606 bits per heavy atom. The summed E-state index contributed by atoms with van der Waals surface area (Å²) in [7, 11) is 2.79.